The third kappa shape index (κ3) is 11.0. The van der Waals surface area contributed by atoms with Gasteiger partial charge in [0.15, 0.2) is 0 Å². The molecule has 0 radical (unpaired) electrons. The van der Waals surface area contributed by atoms with Crippen molar-refractivity contribution in [2.45, 2.75) is 70.3 Å². The first-order chi connectivity index (χ1) is 14.3. The number of hydrogen-bond donors (Lipinski definition) is 8. The quantitative estimate of drug-likeness (QED) is 0.134. The molecule has 0 saturated heterocycles. The number of hydrogen-bond acceptors (Lipinski definition) is 8. The van der Waals surface area contributed by atoms with Crippen LogP contribution in [-0.4, -0.2) is 81.0 Å². The van der Waals surface area contributed by atoms with Crippen molar-refractivity contribution >= 4 is 42.3 Å². The summed E-state index contributed by atoms with van der Waals surface area (Å²) in [5, 5.41) is 34.8. The molecule has 0 heterocycles. The average Bonchev–Trinajstić information content (AvgIpc) is 2.66. The van der Waals surface area contributed by atoms with E-state index in [1.165, 1.54) is 6.92 Å². The molecular weight excluding hydrogens is 432 g/mol. The molecule has 8 N–H and O–H groups in total. The zero-order valence-corrected chi connectivity index (χ0v) is 18.6. The van der Waals surface area contributed by atoms with Crippen LogP contribution >= 0.6 is 12.6 Å². The lowest BCUT2D eigenvalue weighted by atomic mass is 10.0. The van der Waals surface area contributed by atoms with Crippen LogP contribution < -0.4 is 21.7 Å². The second-order valence-electron chi connectivity index (χ2n) is 7.54. The van der Waals surface area contributed by atoms with E-state index in [0.717, 1.165) is 0 Å². The highest BCUT2D eigenvalue weighted by atomic mass is 32.1. The van der Waals surface area contributed by atoms with Crippen LogP contribution in [0.25, 0.3) is 0 Å². The van der Waals surface area contributed by atoms with Crippen LogP contribution in [0.1, 0.15) is 40.0 Å². The molecule has 0 aromatic rings. The van der Waals surface area contributed by atoms with Crippen LogP contribution in [0.5, 0.6) is 0 Å². The van der Waals surface area contributed by atoms with Crippen LogP contribution in [0.15, 0.2) is 0 Å². The lowest BCUT2D eigenvalue weighted by Gasteiger charge is -2.27. The standard InChI is InChI=1S/C18H32N4O8S/c1-8(2)6-12(16(27)20-11(18(29)30)4-5-13(24)25)21-17(28)14(9(3)23)22-15(26)10(19)7-31/h8-12,14,23,31H,4-7,19H2,1-3H3,(H,20,27)(H,21,28)(H,22,26)(H,24,25)(H,29,30). The molecule has 5 unspecified atom stereocenters. The monoisotopic (exact) mass is 464 g/mol. The lowest BCUT2D eigenvalue weighted by Crippen LogP contribution is -2.60. The second kappa shape index (κ2) is 13.8. The van der Waals surface area contributed by atoms with E-state index in [9.17, 15) is 34.2 Å². The van der Waals surface area contributed by atoms with E-state index in [-0.39, 0.29) is 24.5 Å². The molecule has 12 nitrogen and oxygen atoms in total. The number of thiol groups is 1. The Hall–Kier alpha value is -2.38. The van der Waals surface area contributed by atoms with Crippen molar-refractivity contribution in [1.82, 2.24) is 16.0 Å². The summed E-state index contributed by atoms with van der Waals surface area (Å²) < 4.78 is 0. The van der Waals surface area contributed by atoms with Crippen LogP contribution in [0, 0.1) is 5.92 Å². The minimum atomic E-state index is -1.46. The third-order valence-electron chi connectivity index (χ3n) is 4.20. The molecule has 5 atom stereocenters. The third-order valence-corrected chi connectivity index (χ3v) is 4.59. The van der Waals surface area contributed by atoms with Crippen molar-refractivity contribution in [3.8, 4) is 0 Å². The first-order valence-electron chi connectivity index (χ1n) is 9.70. The van der Waals surface area contributed by atoms with Crippen LogP contribution in [0.4, 0.5) is 0 Å². The number of carbonyl (C=O) groups excluding carboxylic acids is 3. The fourth-order valence-corrected chi connectivity index (χ4v) is 2.68. The number of carboxylic acid groups (broad SMARTS) is 2. The molecule has 13 heteroatoms. The fourth-order valence-electron chi connectivity index (χ4n) is 2.51. The maximum Gasteiger partial charge on any atom is 0.326 e. The van der Waals surface area contributed by atoms with Gasteiger partial charge in [0.2, 0.25) is 17.7 Å². The number of aliphatic hydroxyl groups excluding tert-OH is 1. The zero-order valence-electron chi connectivity index (χ0n) is 17.7. The topological polar surface area (TPSA) is 208 Å². The number of aliphatic carboxylic acids is 2. The summed E-state index contributed by atoms with van der Waals surface area (Å²) >= 11 is 3.89. The van der Waals surface area contributed by atoms with E-state index in [1.54, 1.807) is 13.8 Å². The summed E-state index contributed by atoms with van der Waals surface area (Å²) in [4.78, 5) is 59.3. The van der Waals surface area contributed by atoms with Gasteiger partial charge in [-0.25, -0.2) is 4.79 Å². The SMILES string of the molecule is CC(C)CC(NC(=O)C(NC(=O)C(N)CS)C(C)O)C(=O)NC(CCC(=O)O)C(=O)O. The minimum Gasteiger partial charge on any atom is -0.481 e. The van der Waals surface area contributed by atoms with Crippen LogP contribution in [0.2, 0.25) is 0 Å². The fraction of sp³-hybridized carbons (Fsp3) is 0.722. The predicted molar refractivity (Wildman–Crippen MR) is 113 cm³/mol. The zero-order chi connectivity index (χ0) is 24.3. The molecule has 0 aromatic heterocycles. The number of aliphatic hydroxyl groups is 1. The highest BCUT2D eigenvalue weighted by Gasteiger charge is 2.32. The molecule has 0 rings (SSSR count). The van der Waals surface area contributed by atoms with E-state index in [1.807, 2.05) is 0 Å². The normalized spacial score (nSPS) is 15.8. The number of carboxylic acids is 2. The maximum absolute atomic E-state index is 12.6. The van der Waals surface area contributed by atoms with Gasteiger partial charge in [0.1, 0.15) is 18.1 Å². The number of nitrogens with two attached hydrogens (primary N) is 1. The summed E-state index contributed by atoms with van der Waals surface area (Å²) in [5.41, 5.74) is 5.55. The van der Waals surface area contributed by atoms with Gasteiger partial charge >= 0.3 is 11.9 Å². The van der Waals surface area contributed by atoms with E-state index in [4.69, 9.17) is 10.8 Å². The molecule has 0 bridgehead atoms. The van der Waals surface area contributed by atoms with Crippen molar-refractivity contribution in [1.29, 1.82) is 0 Å². The smallest absolute Gasteiger partial charge is 0.326 e. The molecule has 0 aliphatic rings. The van der Waals surface area contributed by atoms with Crippen molar-refractivity contribution < 1.29 is 39.3 Å². The van der Waals surface area contributed by atoms with Gasteiger partial charge in [-0.1, -0.05) is 13.8 Å². The van der Waals surface area contributed by atoms with Crippen LogP contribution in [0.3, 0.4) is 0 Å². The van der Waals surface area contributed by atoms with Crippen LogP contribution in [-0.2, 0) is 24.0 Å². The van der Waals surface area contributed by atoms with Crippen molar-refractivity contribution in [2.75, 3.05) is 5.75 Å². The Kier molecular flexibility index (Phi) is 12.8. The first kappa shape index (κ1) is 28.6. The van der Waals surface area contributed by atoms with Gasteiger partial charge in [0, 0.05) is 12.2 Å². The van der Waals surface area contributed by atoms with Gasteiger partial charge in [-0.05, 0) is 25.7 Å². The van der Waals surface area contributed by atoms with E-state index in [2.05, 4.69) is 28.6 Å². The number of amides is 3. The largest absolute Gasteiger partial charge is 0.481 e. The number of rotatable bonds is 14. The van der Waals surface area contributed by atoms with Gasteiger partial charge < -0.3 is 37.0 Å². The van der Waals surface area contributed by atoms with Crippen molar-refractivity contribution in [3.63, 3.8) is 0 Å². The Morgan fingerprint density at radius 1 is 0.903 bits per heavy atom. The molecule has 0 fully saturated rings. The summed E-state index contributed by atoms with van der Waals surface area (Å²) in [7, 11) is 0. The van der Waals surface area contributed by atoms with E-state index < -0.39 is 66.4 Å². The lowest BCUT2D eigenvalue weighted by molar-refractivity contribution is -0.143. The van der Waals surface area contributed by atoms with Gasteiger partial charge in [-0.2, -0.15) is 12.6 Å². The number of carbonyl (C=O) groups is 5. The van der Waals surface area contributed by atoms with Gasteiger partial charge in [0.05, 0.1) is 12.1 Å². The molecule has 0 aromatic carbocycles. The summed E-state index contributed by atoms with van der Waals surface area (Å²) in [6.07, 6.45) is -2.01. The first-order valence-corrected chi connectivity index (χ1v) is 10.3. The highest BCUT2D eigenvalue weighted by Crippen LogP contribution is 2.08. The summed E-state index contributed by atoms with van der Waals surface area (Å²) in [6.45, 7) is 4.80. The number of nitrogens with one attached hydrogen (secondary N) is 3. The molecule has 31 heavy (non-hydrogen) atoms. The Balaban J connectivity index is 5.40. The molecule has 0 saturated carbocycles. The molecule has 0 aliphatic heterocycles. The van der Waals surface area contributed by atoms with Crippen molar-refractivity contribution in [2.24, 2.45) is 11.7 Å². The Bertz CT molecular complexity index is 658. The Labute approximate surface area is 185 Å². The minimum absolute atomic E-state index is 0.00524. The van der Waals surface area contributed by atoms with Gasteiger partial charge in [-0.3, -0.25) is 19.2 Å². The molecular formula is C18H32N4O8S. The Morgan fingerprint density at radius 3 is 1.87 bits per heavy atom. The summed E-state index contributed by atoms with van der Waals surface area (Å²) in [6, 6.07) is -5.08. The summed E-state index contributed by atoms with van der Waals surface area (Å²) in [5.74, 6) is -5.14. The van der Waals surface area contributed by atoms with Gasteiger partial charge in [0.25, 0.3) is 0 Å². The maximum atomic E-state index is 12.6. The molecule has 3 amide bonds. The molecule has 178 valence electrons. The molecule has 0 aliphatic carbocycles. The Morgan fingerprint density at radius 2 is 1.45 bits per heavy atom. The average molecular weight is 465 g/mol. The second-order valence-corrected chi connectivity index (χ2v) is 7.90. The predicted octanol–water partition coefficient (Wildman–Crippen LogP) is -1.93. The van der Waals surface area contributed by atoms with Crippen molar-refractivity contribution in [3.05, 3.63) is 0 Å². The highest BCUT2D eigenvalue weighted by molar-refractivity contribution is 7.80. The molecule has 0 spiro atoms. The van der Waals surface area contributed by atoms with E-state index >= 15 is 0 Å². The van der Waals surface area contributed by atoms with E-state index in [0.29, 0.717) is 0 Å². The van der Waals surface area contributed by atoms with Gasteiger partial charge in [-0.15, -0.1) is 0 Å².